The van der Waals surface area contributed by atoms with Crippen molar-refractivity contribution in [1.82, 2.24) is 4.98 Å². The molecule has 0 unspecified atom stereocenters. The van der Waals surface area contributed by atoms with E-state index >= 15 is 0 Å². The zero-order valence-corrected chi connectivity index (χ0v) is 10.2. The maximum absolute atomic E-state index is 10.8. The van der Waals surface area contributed by atoms with Gasteiger partial charge in [-0.15, -0.1) is 0 Å². The SMILES string of the molecule is O=[N+]([O-])Cc1c([N+](=O)[O-])[nH]c2cc(Cl)cc(Cl)c12. The first kappa shape index (κ1) is 12.6. The van der Waals surface area contributed by atoms with Crippen molar-refractivity contribution < 1.29 is 9.85 Å². The quantitative estimate of drug-likeness (QED) is 0.692. The van der Waals surface area contributed by atoms with Gasteiger partial charge in [-0.25, -0.2) is 4.98 Å². The molecule has 2 aromatic rings. The zero-order valence-electron chi connectivity index (χ0n) is 8.65. The predicted octanol–water partition coefficient (Wildman–Crippen LogP) is 3.16. The first-order chi connectivity index (χ1) is 8.40. The molecule has 0 bridgehead atoms. The summed E-state index contributed by atoms with van der Waals surface area (Å²) in [4.78, 5) is 22.5. The molecule has 0 aliphatic carbocycles. The smallest absolute Gasteiger partial charge is 0.331 e. The lowest BCUT2D eigenvalue weighted by Crippen LogP contribution is -2.01. The van der Waals surface area contributed by atoms with E-state index in [2.05, 4.69) is 4.98 Å². The molecule has 18 heavy (non-hydrogen) atoms. The van der Waals surface area contributed by atoms with Gasteiger partial charge >= 0.3 is 5.82 Å². The van der Waals surface area contributed by atoms with Crippen LogP contribution in [-0.2, 0) is 6.54 Å². The number of H-pyrrole nitrogens is 1. The van der Waals surface area contributed by atoms with Gasteiger partial charge in [-0.3, -0.25) is 10.1 Å². The monoisotopic (exact) mass is 289 g/mol. The second kappa shape index (κ2) is 4.43. The molecule has 0 radical (unpaired) electrons. The van der Waals surface area contributed by atoms with E-state index in [0.717, 1.165) is 0 Å². The summed E-state index contributed by atoms with van der Waals surface area (Å²) in [6, 6.07) is 2.81. The van der Waals surface area contributed by atoms with E-state index in [-0.39, 0.29) is 21.0 Å². The van der Waals surface area contributed by atoms with Gasteiger partial charge in [-0.2, -0.15) is 0 Å². The maximum atomic E-state index is 10.8. The lowest BCUT2D eigenvalue weighted by atomic mass is 10.1. The Kier molecular flexibility index (Phi) is 3.10. The summed E-state index contributed by atoms with van der Waals surface area (Å²) in [5.74, 6) is -0.439. The third-order valence-corrected chi connectivity index (χ3v) is 2.88. The van der Waals surface area contributed by atoms with Gasteiger partial charge < -0.3 is 10.1 Å². The predicted molar refractivity (Wildman–Crippen MR) is 65.7 cm³/mol. The molecule has 1 N–H and O–H groups in total. The van der Waals surface area contributed by atoms with Crippen molar-refractivity contribution in [2.24, 2.45) is 0 Å². The molecule has 0 amide bonds. The second-order valence-electron chi connectivity index (χ2n) is 3.51. The molecule has 0 aliphatic heterocycles. The van der Waals surface area contributed by atoms with Gasteiger partial charge in [0.05, 0.1) is 10.4 Å². The minimum absolute atomic E-state index is 0.0540. The summed E-state index contributed by atoms with van der Waals surface area (Å²) in [5, 5.41) is 22.1. The van der Waals surface area contributed by atoms with Gasteiger partial charge in [0.25, 0.3) is 0 Å². The molecule has 1 aromatic carbocycles. The highest BCUT2D eigenvalue weighted by Gasteiger charge is 2.26. The van der Waals surface area contributed by atoms with E-state index in [4.69, 9.17) is 23.2 Å². The fourth-order valence-corrected chi connectivity index (χ4v) is 2.35. The molecule has 0 saturated heterocycles. The topological polar surface area (TPSA) is 102 Å². The highest BCUT2D eigenvalue weighted by atomic mass is 35.5. The number of nitro groups is 2. The summed E-state index contributed by atoms with van der Waals surface area (Å²) in [5.41, 5.74) is 0.248. The van der Waals surface area contributed by atoms with Gasteiger partial charge in [0.1, 0.15) is 11.1 Å². The second-order valence-corrected chi connectivity index (χ2v) is 4.35. The minimum Gasteiger partial charge on any atom is -0.358 e. The van der Waals surface area contributed by atoms with Crippen molar-refractivity contribution in [2.45, 2.75) is 6.54 Å². The van der Waals surface area contributed by atoms with E-state index in [1.54, 1.807) is 0 Å². The Morgan fingerprint density at radius 1 is 1.22 bits per heavy atom. The minimum atomic E-state index is -0.719. The van der Waals surface area contributed by atoms with Crippen LogP contribution < -0.4 is 0 Å². The number of halogens is 2. The number of hydrogen-bond acceptors (Lipinski definition) is 4. The van der Waals surface area contributed by atoms with Gasteiger partial charge in [0, 0.05) is 16.0 Å². The molecular formula is C9H5Cl2N3O4. The number of nitrogens with zero attached hydrogens (tertiary/aromatic N) is 2. The van der Waals surface area contributed by atoms with Crippen LogP contribution in [0.15, 0.2) is 12.1 Å². The Bertz CT molecular complexity index is 667. The summed E-state index contributed by atoms with van der Waals surface area (Å²) < 4.78 is 0. The number of hydrogen-bond donors (Lipinski definition) is 1. The Morgan fingerprint density at radius 3 is 2.44 bits per heavy atom. The summed E-state index contributed by atoms with van der Waals surface area (Å²) >= 11 is 11.7. The van der Waals surface area contributed by atoms with Gasteiger partial charge in [0.2, 0.25) is 6.54 Å². The van der Waals surface area contributed by atoms with Crippen LogP contribution in [0.4, 0.5) is 5.82 Å². The van der Waals surface area contributed by atoms with E-state index < -0.39 is 22.2 Å². The van der Waals surface area contributed by atoms with E-state index in [9.17, 15) is 20.2 Å². The van der Waals surface area contributed by atoms with Crippen LogP contribution in [0.5, 0.6) is 0 Å². The first-order valence-corrected chi connectivity index (χ1v) is 5.41. The van der Waals surface area contributed by atoms with Crippen molar-refractivity contribution in [3.63, 3.8) is 0 Å². The average molecular weight is 290 g/mol. The van der Waals surface area contributed by atoms with Crippen molar-refractivity contribution in [2.75, 3.05) is 0 Å². The highest BCUT2D eigenvalue weighted by Crippen LogP contribution is 2.35. The van der Waals surface area contributed by atoms with E-state index in [1.807, 2.05) is 0 Å². The molecule has 94 valence electrons. The molecule has 0 spiro atoms. The number of aromatic nitrogens is 1. The van der Waals surface area contributed by atoms with Gasteiger partial charge in [0.15, 0.2) is 0 Å². The van der Waals surface area contributed by atoms with Crippen LogP contribution in [0, 0.1) is 20.2 Å². The number of aromatic amines is 1. The van der Waals surface area contributed by atoms with Gasteiger partial charge in [-0.1, -0.05) is 23.2 Å². The fourth-order valence-electron chi connectivity index (χ4n) is 1.74. The van der Waals surface area contributed by atoms with Crippen LogP contribution in [0.25, 0.3) is 10.9 Å². The molecule has 9 heteroatoms. The van der Waals surface area contributed by atoms with Crippen LogP contribution in [0.1, 0.15) is 5.56 Å². The largest absolute Gasteiger partial charge is 0.358 e. The molecule has 0 atom stereocenters. The van der Waals surface area contributed by atoms with Gasteiger partial charge in [-0.05, 0) is 11.0 Å². The lowest BCUT2D eigenvalue weighted by Gasteiger charge is -1.97. The van der Waals surface area contributed by atoms with Crippen molar-refractivity contribution in [3.8, 4) is 0 Å². The molecule has 0 fully saturated rings. The van der Waals surface area contributed by atoms with Crippen molar-refractivity contribution in [3.05, 3.63) is 48.0 Å². The fraction of sp³-hybridized carbons (Fsp3) is 0.111. The molecular weight excluding hydrogens is 285 g/mol. The Morgan fingerprint density at radius 2 is 1.89 bits per heavy atom. The Hall–Kier alpha value is -1.86. The van der Waals surface area contributed by atoms with E-state index in [1.165, 1.54) is 12.1 Å². The molecule has 2 rings (SSSR count). The van der Waals surface area contributed by atoms with Crippen LogP contribution in [-0.4, -0.2) is 14.8 Å². The Balaban J connectivity index is 2.80. The lowest BCUT2D eigenvalue weighted by molar-refractivity contribution is -0.498. The van der Waals surface area contributed by atoms with Crippen LogP contribution >= 0.6 is 23.2 Å². The zero-order chi connectivity index (χ0) is 13.4. The third kappa shape index (κ3) is 2.09. The first-order valence-electron chi connectivity index (χ1n) is 4.66. The summed E-state index contributed by atoms with van der Waals surface area (Å²) in [6.07, 6.45) is 0. The summed E-state index contributed by atoms with van der Waals surface area (Å²) in [6.45, 7) is -0.683. The maximum Gasteiger partial charge on any atom is 0.331 e. The van der Waals surface area contributed by atoms with Crippen molar-refractivity contribution >= 4 is 39.9 Å². The number of benzene rings is 1. The average Bonchev–Trinajstić information content (AvgIpc) is 2.55. The van der Waals surface area contributed by atoms with Crippen LogP contribution in [0.3, 0.4) is 0 Å². The standard InChI is InChI=1S/C9H5Cl2N3O4/c10-4-1-6(11)8-5(3-13(15)16)9(14(17)18)12-7(8)2-4/h1-2,12H,3H2. The number of nitrogens with one attached hydrogen (secondary N) is 1. The number of fused-ring (bicyclic) bond motifs is 1. The number of rotatable bonds is 3. The van der Waals surface area contributed by atoms with Crippen molar-refractivity contribution in [1.29, 1.82) is 0 Å². The molecule has 0 saturated carbocycles. The summed E-state index contributed by atoms with van der Waals surface area (Å²) in [7, 11) is 0. The molecule has 1 heterocycles. The van der Waals surface area contributed by atoms with Crippen LogP contribution in [0.2, 0.25) is 10.0 Å². The molecule has 0 aliphatic rings. The Labute approximate surface area is 110 Å². The molecule has 7 nitrogen and oxygen atoms in total. The normalized spacial score (nSPS) is 10.8. The highest BCUT2D eigenvalue weighted by molar-refractivity contribution is 6.39. The van der Waals surface area contributed by atoms with E-state index in [0.29, 0.717) is 5.52 Å². The molecule has 1 aromatic heterocycles. The third-order valence-electron chi connectivity index (χ3n) is 2.37.